The highest BCUT2D eigenvalue weighted by Crippen LogP contribution is 2.29. The standard InChI is InChI=1S/C15H25NO3/c1-5-16-11-13-6-7-14(18-4)15(10-13)19-12(2)8-9-17-3/h6-7,10,12,16H,5,8-9,11H2,1-4H3. The first-order chi connectivity index (χ1) is 9.21. The van der Waals surface area contributed by atoms with E-state index in [0.717, 1.165) is 31.0 Å². The Morgan fingerprint density at radius 3 is 2.63 bits per heavy atom. The van der Waals surface area contributed by atoms with Gasteiger partial charge in [-0.2, -0.15) is 0 Å². The molecule has 0 bridgehead atoms. The Morgan fingerprint density at radius 2 is 2.00 bits per heavy atom. The Bertz CT molecular complexity index is 368. The van der Waals surface area contributed by atoms with E-state index >= 15 is 0 Å². The predicted molar refractivity (Wildman–Crippen MR) is 77.0 cm³/mol. The summed E-state index contributed by atoms with van der Waals surface area (Å²) in [7, 11) is 3.36. The minimum absolute atomic E-state index is 0.100. The van der Waals surface area contributed by atoms with Crippen molar-refractivity contribution in [2.24, 2.45) is 0 Å². The van der Waals surface area contributed by atoms with Crippen LogP contribution in [0.4, 0.5) is 0 Å². The van der Waals surface area contributed by atoms with Crippen LogP contribution in [0.15, 0.2) is 18.2 Å². The van der Waals surface area contributed by atoms with E-state index in [1.807, 2.05) is 25.1 Å². The van der Waals surface area contributed by atoms with Gasteiger partial charge in [-0.05, 0) is 31.2 Å². The first-order valence-electron chi connectivity index (χ1n) is 6.74. The highest BCUT2D eigenvalue weighted by Gasteiger charge is 2.10. The van der Waals surface area contributed by atoms with E-state index in [-0.39, 0.29) is 6.10 Å². The van der Waals surface area contributed by atoms with Gasteiger partial charge >= 0.3 is 0 Å². The summed E-state index contributed by atoms with van der Waals surface area (Å²) in [6.45, 7) is 6.61. The molecule has 0 radical (unpaired) electrons. The topological polar surface area (TPSA) is 39.7 Å². The summed E-state index contributed by atoms with van der Waals surface area (Å²) >= 11 is 0. The summed E-state index contributed by atoms with van der Waals surface area (Å²) in [5, 5.41) is 3.30. The number of methoxy groups -OCH3 is 2. The number of nitrogens with one attached hydrogen (secondary N) is 1. The first-order valence-corrected chi connectivity index (χ1v) is 6.74. The third kappa shape index (κ3) is 5.49. The van der Waals surface area contributed by atoms with Gasteiger partial charge < -0.3 is 19.5 Å². The van der Waals surface area contributed by atoms with E-state index in [1.54, 1.807) is 14.2 Å². The van der Waals surface area contributed by atoms with Crippen molar-refractivity contribution in [3.8, 4) is 11.5 Å². The SMILES string of the molecule is CCNCc1ccc(OC)c(OC(C)CCOC)c1. The third-order valence-corrected chi connectivity index (χ3v) is 2.86. The Kier molecular flexibility index (Phi) is 7.30. The molecule has 1 N–H and O–H groups in total. The maximum atomic E-state index is 5.93. The zero-order valence-electron chi connectivity index (χ0n) is 12.4. The molecule has 0 amide bonds. The zero-order valence-corrected chi connectivity index (χ0v) is 12.4. The monoisotopic (exact) mass is 267 g/mol. The van der Waals surface area contributed by atoms with Crippen LogP contribution in [-0.4, -0.2) is 33.5 Å². The van der Waals surface area contributed by atoms with Crippen molar-refractivity contribution in [1.29, 1.82) is 0 Å². The van der Waals surface area contributed by atoms with Crippen molar-refractivity contribution in [1.82, 2.24) is 5.32 Å². The van der Waals surface area contributed by atoms with E-state index in [4.69, 9.17) is 14.2 Å². The molecule has 0 aliphatic carbocycles. The molecule has 1 atom stereocenters. The fourth-order valence-electron chi connectivity index (χ4n) is 1.75. The molecule has 0 saturated carbocycles. The van der Waals surface area contributed by atoms with Gasteiger partial charge in [0.15, 0.2) is 11.5 Å². The van der Waals surface area contributed by atoms with Gasteiger partial charge in [0, 0.05) is 26.7 Å². The minimum Gasteiger partial charge on any atom is -0.493 e. The van der Waals surface area contributed by atoms with Gasteiger partial charge in [-0.25, -0.2) is 0 Å². The molecule has 1 aromatic carbocycles. The van der Waals surface area contributed by atoms with Crippen LogP contribution in [0.2, 0.25) is 0 Å². The maximum Gasteiger partial charge on any atom is 0.161 e. The smallest absolute Gasteiger partial charge is 0.161 e. The lowest BCUT2D eigenvalue weighted by molar-refractivity contribution is 0.132. The molecule has 19 heavy (non-hydrogen) atoms. The van der Waals surface area contributed by atoms with E-state index in [0.29, 0.717) is 6.61 Å². The summed E-state index contributed by atoms with van der Waals surface area (Å²) in [6.07, 6.45) is 0.958. The van der Waals surface area contributed by atoms with Crippen LogP contribution in [0.25, 0.3) is 0 Å². The minimum atomic E-state index is 0.100. The van der Waals surface area contributed by atoms with Crippen LogP contribution < -0.4 is 14.8 Å². The normalized spacial score (nSPS) is 12.2. The second kappa shape index (κ2) is 8.77. The summed E-state index contributed by atoms with van der Waals surface area (Å²) < 4.78 is 16.3. The summed E-state index contributed by atoms with van der Waals surface area (Å²) in [5.41, 5.74) is 1.19. The average Bonchev–Trinajstić information content (AvgIpc) is 2.43. The number of hydrogen-bond acceptors (Lipinski definition) is 4. The van der Waals surface area contributed by atoms with Gasteiger partial charge in [0.25, 0.3) is 0 Å². The van der Waals surface area contributed by atoms with Gasteiger partial charge in [-0.3, -0.25) is 0 Å². The molecule has 1 rings (SSSR count). The predicted octanol–water partition coefficient (Wildman–Crippen LogP) is 2.61. The zero-order chi connectivity index (χ0) is 14.1. The number of benzene rings is 1. The van der Waals surface area contributed by atoms with E-state index in [9.17, 15) is 0 Å². The van der Waals surface area contributed by atoms with E-state index in [2.05, 4.69) is 12.2 Å². The lowest BCUT2D eigenvalue weighted by atomic mass is 10.2. The van der Waals surface area contributed by atoms with Crippen LogP contribution in [0.5, 0.6) is 11.5 Å². The molecule has 4 heteroatoms. The average molecular weight is 267 g/mol. The summed E-state index contributed by atoms with van der Waals surface area (Å²) in [5.74, 6) is 1.56. The van der Waals surface area contributed by atoms with Gasteiger partial charge in [-0.15, -0.1) is 0 Å². The molecule has 1 aromatic rings. The molecule has 108 valence electrons. The van der Waals surface area contributed by atoms with Crippen LogP contribution in [0, 0.1) is 0 Å². The van der Waals surface area contributed by atoms with Gasteiger partial charge in [0.1, 0.15) is 0 Å². The lowest BCUT2D eigenvalue weighted by Crippen LogP contribution is -2.15. The molecule has 0 aliphatic rings. The van der Waals surface area contributed by atoms with Crippen LogP contribution in [0.3, 0.4) is 0 Å². The highest BCUT2D eigenvalue weighted by molar-refractivity contribution is 5.43. The van der Waals surface area contributed by atoms with E-state index in [1.165, 1.54) is 5.56 Å². The highest BCUT2D eigenvalue weighted by atomic mass is 16.5. The molecule has 1 unspecified atom stereocenters. The van der Waals surface area contributed by atoms with Crippen molar-refractivity contribution < 1.29 is 14.2 Å². The Morgan fingerprint density at radius 1 is 1.21 bits per heavy atom. The van der Waals surface area contributed by atoms with Crippen LogP contribution in [-0.2, 0) is 11.3 Å². The molecule has 0 saturated heterocycles. The molecule has 0 aliphatic heterocycles. The molecule has 0 fully saturated rings. The van der Waals surface area contributed by atoms with Crippen molar-refractivity contribution in [3.05, 3.63) is 23.8 Å². The van der Waals surface area contributed by atoms with Crippen molar-refractivity contribution >= 4 is 0 Å². The number of hydrogen-bond donors (Lipinski definition) is 1. The first kappa shape index (κ1) is 15.8. The Balaban J connectivity index is 2.71. The van der Waals surface area contributed by atoms with Gasteiger partial charge in [-0.1, -0.05) is 13.0 Å². The third-order valence-electron chi connectivity index (χ3n) is 2.86. The van der Waals surface area contributed by atoms with Crippen molar-refractivity contribution in [3.63, 3.8) is 0 Å². The van der Waals surface area contributed by atoms with Crippen LogP contribution in [0.1, 0.15) is 25.8 Å². The Hall–Kier alpha value is -1.26. The van der Waals surface area contributed by atoms with Gasteiger partial charge in [0.2, 0.25) is 0 Å². The number of rotatable bonds is 9. The molecule has 0 aromatic heterocycles. The largest absolute Gasteiger partial charge is 0.493 e. The molecular formula is C15H25NO3. The molecule has 0 heterocycles. The maximum absolute atomic E-state index is 5.93. The summed E-state index contributed by atoms with van der Waals surface area (Å²) in [4.78, 5) is 0. The molecule has 4 nitrogen and oxygen atoms in total. The molecular weight excluding hydrogens is 242 g/mol. The fourth-order valence-corrected chi connectivity index (χ4v) is 1.75. The van der Waals surface area contributed by atoms with E-state index < -0.39 is 0 Å². The van der Waals surface area contributed by atoms with Crippen molar-refractivity contribution in [2.75, 3.05) is 27.4 Å². The second-order valence-electron chi connectivity index (χ2n) is 4.48. The Labute approximate surface area is 116 Å². The van der Waals surface area contributed by atoms with Crippen LogP contribution >= 0.6 is 0 Å². The molecule has 0 spiro atoms. The number of ether oxygens (including phenoxy) is 3. The lowest BCUT2D eigenvalue weighted by Gasteiger charge is -2.17. The fraction of sp³-hybridized carbons (Fsp3) is 0.600. The quantitative estimate of drug-likeness (QED) is 0.746. The second-order valence-corrected chi connectivity index (χ2v) is 4.48. The van der Waals surface area contributed by atoms with Gasteiger partial charge in [0.05, 0.1) is 13.2 Å². The summed E-state index contributed by atoms with van der Waals surface area (Å²) in [6, 6.07) is 6.03. The van der Waals surface area contributed by atoms with Crippen molar-refractivity contribution in [2.45, 2.75) is 32.9 Å².